The molecule has 0 saturated heterocycles. The predicted octanol–water partition coefficient (Wildman–Crippen LogP) is 5.10. The number of nitrogens with zero attached hydrogens (tertiary/aromatic N) is 2. The van der Waals surface area contributed by atoms with Crippen molar-refractivity contribution in [3.63, 3.8) is 0 Å². The lowest BCUT2D eigenvalue weighted by molar-refractivity contribution is 0.0983. The molecular weight excluding hydrogens is 414 g/mol. The van der Waals surface area contributed by atoms with Crippen molar-refractivity contribution in [3.8, 4) is 11.3 Å². The number of rotatable bonds is 3. The Hall–Kier alpha value is -2.47. The normalized spacial score (nSPS) is 12.9. The molecule has 2 aromatic carbocycles. The molecule has 0 amide bonds. The minimum absolute atomic E-state index is 0.191. The van der Waals surface area contributed by atoms with Crippen molar-refractivity contribution in [1.82, 2.24) is 9.97 Å². The van der Waals surface area contributed by atoms with Gasteiger partial charge in [0.15, 0.2) is 5.78 Å². The molecule has 0 spiro atoms. The third-order valence-corrected chi connectivity index (χ3v) is 5.16. The molecule has 3 nitrogen and oxygen atoms in total. The highest BCUT2D eigenvalue weighted by molar-refractivity contribution is 9.10. The van der Waals surface area contributed by atoms with Crippen molar-refractivity contribution in [2.45, 2.75) is 25.7 Å². The molecule has 0 radical (unpaired) electrons. The van der Waals surface area contributed by atoms with E-state index in [1.54, 1.807) is 0 Å². The molecule has 0 fully saturated rings. The van der Waals surface area contributed by atoms with Crippen molar-refractivity contribution >= 4 is 21.7 Å². The van der Waals surface area contributed by atoms with Crippen LogP contribution < -0.4 is 0 Å². The Labute approximate surface area is 163 Å². The second-order valence-corrected chi connectivity index (χ2v) is 7.42. The summed E-state index contributed by atoms with van der Waals surface area (Å²) in [7, 11) is 0. The highest BCUT2D eigenvalue weighted by Crippen LogP contribution is 2.32. The van der Waals surface area contributed by atoms with Gasteiger partial charge in [-0.15, -0.1) is 0 Å². The molecule has 0 unspecified atom stereocenters. The first kappa shape index (κ1) is 17.9. The molecule has 0 saturated carbocycles. The molecule has 1 aliphatic rings. The van der Waals surface area contributed by atoms with Gasteiger partial charge in [-0.25, -0.2) is 8.78 Å². The smallest absolute Gasteiger partial charge is 0.174 e. The summed E-state index contributed by atoms with van der Waals surface area (Å²) < 4.78 is 28.6. The molecule has 27 heavy (non-hydrogen) atoms. The molecular formula is C21H15BrF2N2O. The van der Waals surface area contributed by atoms with E-state index in [0.29, 0.717) is 5.69 Å². The summed E-state index contributed by atoms with van der Waals surface area (Å²) in [5.74, 6) is -2.36. The minimum Gasteiger partial charge on any atom is -0.294 e. The second-order valence-electron chi connectivity index (χ2n) is 6.51. The Morgan fingerprint density at radius 1 is 1.11 bits per heavy atom. The Morgan fingerprint density at radius 2 is 1.89 bits per heavy atom. The lowest BCUT2D eigenvalue weighted by Gasteiger charge is -2.10. The van der Waals surface area contributed by atoms with Crippen LogP contribution in [0.25, 0.3) is 11.3 Å². The number of fused-ring (bicyclic) bond motifs is 3. The Balaban J connectivity index is 1.68. The molecule has 6 heteroatoms. The van der Waals surface area contributed by atoms with Crippen LogP contribution in [0, 0.1) is 11.6 Å². The molecule has 0 atom stereocenters. The molecule has 0 aliphatic heterocycles. The van der Waals surface area contributed by atoms with E-state index in [9.17, 15) is 13.6 Å². The van der Waals surface area contributed by atoms with Gasteiger partial charge in [-0.05, 0) is 49.1 Å². The number of Topliss-reactive ketones (excluding diaryl/α,β-unsaturated/α-hetero) is 1. The van der Waals surface area contributed by atoms with Gasteiger partial charge >= 0.3 is 0 Å². The van der Waals surface area contributed by atoms with Crippen LogP contribution in [-0.4, -0.2) is 15.8 Å². The van der Waals surface area contributed by atoms with Crippen molar-refractivity contribution in [2.75, 3.05) is 0 Å². The number of halogens is 3. The summed E-state index contributed by atoms with van der Waals surface area (Å²) in [6, 6.07) is 9.50. The van der Waals surface area contributed by atoms with Gasteiger partial charge in [0.05, 0.1) is 29.1 Å². The quantitative estimate of drug-likeness (QED) is 0.545. The van der Waals surface area contributed by atoms with E-state index in [4.69, 9.17) is 0 Å². The third kappa shape index (κ3) is 3.54. The van der Waals surface area contributed by atoms with Gasteiger partial charge in [0.1, 0.15) is 11.6 Å². The third-order valence-electron chi connectivity index (χ3n) is 4.66. The van der Waals surface area contributed by atoms with Crippen LogP contribution in [0.3, 0.4) is 0 Å². The molecule has 136 valence electrons. The fraction of sp³-hybridized carbons (Fsp3) is 0.190. The molecule has 1 heterocycles. The van der Waals surface area contributed by atoms with Gasteiger partial charge < -0.3 is 0 Å². The molecule has 1 aliphatic carbocycles. The van der Waals surface area contributed by atoms with E-state index < -0.39 is 23.0 Å². The number of ketones is 1. The average molecular weight is 429 g/mol. The van der Waals surface area contributed by atoms with E-state index >= 15 is 0 Å². The minimum atomic E-state index is -0.860. The monoisotopic (exact) mass is 428 g/mol. The van der Waals surface area contributed by atoms with Crippen LogP contribution >= 0.6 is 15.9 Å². The summed E-state index contributed by atoms with van der Waals surface area (Å²) in [6.07, 6.45) is 3.92. The summed E-state index contributed by atoms with van der Waals surface area (Å²) in [5, 5.41) is 0. The van der Waals surface area contributed by atoms with Gasteiger partial charge in [-0.1, -0.05) is 28.1 Å². The van der Waals surface area contributed by atoms with Crippen LogP contribution in [0.1, 0.15) is 33.7 Å². The first-order chi connectivity index (χ1) is 13.0. The number of benzene rings is 2. The lowest BCUT2D eigenvalue weighted by atomic mass is 10.0. The second kappa shape index (κ2) is 7.27. The van der Waals surface area contributed by atoms with E-state index in [1.807, 2.05) is 12.1 Å². The number of carbonyl (C=O) groups excluding carboxylic acids is 1. The first-order valence-corrected chi connectivity index (χ1v) is 9.43. The number of hydrogen-bond donors (Lipinski definition) is 0. The van der Waals surface area contributed by atoms with Gasteiger partial charge in [0, 0.05) is 16.2 Å². The maximum atomic E-state index is 13.8. The first-order valence-electron chi connectivity index (χ1n) is 8.64. The summed E-state index contributed by atoms with van der Waals surface area (Å²) in [5.41, 5.74) is 3.75. The average Bonchev–Trinajstić information content (AvgIpc) is 2.80. The van der Waals surface area contributed by atoms with Crippen LogP contribution in [0.15, 0.2) is 47.1 Å². The molecule has 0 N–H and O–H groups in total. The molecule has 3 aromatic rings. The van der Waals surface area contributed by atoms with E-state index in [0.717, 1.165) is 52.8 Å². The molecule has 1 aromatic heterocycles. The Kier molecular flexibility index (Phi) is 4.83. The van der Waals surface area contributed by atoms with Gasteiger partial charge in [-0.2, -0.15) is 0 Å². The number of aryl methyl sites for hydroxylation is 2. The summed E-state index contributed by atoms with van der Waals surface area (Å²) >= 11 is 3.49. The van der Waals surface area contributed by atoms with Crippen molar-refractivity contribution in [3.05, 3.63) is 81.2 Å². The predicted molar refractivity (Wildman–Crippen MR) is 102 cm³/mol. The molecule has 4 rings (SSSR count). The maximum Gasteiger partial charge on any atom is 0.174 e. The zero-order valence-electron chi connectivity index (χ0n) is 14.3. The van der Waals surface area contributed by atoms with Gasteiger partial charge in [-0.3, -0.25) is 14.8 Å². The van der Waals surface area contributed by atoms with Crippen molar-refractivity contribution < 1.29 is 13.6 Å². The zero-order valence-corrected chi connectivity index (χ0v) is 15.9. The SMILES string of the molecule is O=C(Cc1cnc2c(n1)CCCc1ccc(Br)cc1-2)c1c(F)cccc1F. The van der Waals surface area contributed by atoms with Crippen LogP contribution in [0.5, 0.6) is 0 Å². The van der Waals surface area contributed by atoms with Crippen molar-refractivity contribution in [2.24, 2.45) is 0 Å². The van der Waals surface area contributed by atoms with E-state index in [2.05, 4.69) is 32.0 Å². The van der Waals surface area contributed by atoms with Gasteiger partial charge in [0.2, 0.25) is 0 Å². The van der Waals surface area contributed by atoms with Crippen LogP contribution in [0.4, 0.5) is 8.78 Å². The maximum absolute atomic E-state index is 13.8. The number of aromatic nitrogens is 2. The highest BCUT2D eigenvalue weighted by atomic mass is 79.9. The van der Waals surface area contributed by atoms with Crippen LogP contribution in [-0.2, 0) is 19.3 Å². The zero-order chi connectivity index (χ0) is 19.0. The summed E-state index contributed by atoms with van der Waals surface area (Å²) in [6.45, 7) is 0. The van der Waals surface area contributed by atoms with Crippen LogP contribution in [0.2, 0.25) is 0 Å². The fourth-order valence-electron chi connectivity index (χ4n) is 3.40. The topological polar surface area (TPSA) is 42.9 Å². The number of hydrogen-bond acceptors (Lipinski definition) is 3. The largest absolute Gasteiger partial charge is 0.294 e. The van der Waals surface area contributed by atoms with Gasteiger partial charge in [0.25, 0.3) is 0 Å². The van der Waals surface area contributed by atoms with E-state index in [1.165, 1.54) is 17.8 Å². The lowest BCUT2D eigenvalue weighted by Crippen LogP contribution is -2.11. The number of carbonyl (C=O) groups is 1. The molecule has 0 bridgehead atoms. The Bertz CT molecular complexity index is 1030. The standard InChI is InChI=1S/C21H15BrF2N2O/c22-13-8-7-12-3-1-6-18-21(15(12)9-13)25-11-14(26-18)10-19(27)20-16(23)4-2-5-17(20)24/h2,4-5,7-9,11H,1,3,6,10H2. The fourth-order valence-corrected chi connectivity index (χ4v) is 3.76. The van der Waals surface area contributed by atoms with E-state index in [-0.39, 0.29) is 6.42 Å². The highest BCUT2D eigenvalue weighted by Gasteiger charge is 2.21. The van der Waals surface area contributed by atoms with Crippen molar-refractivity contribution in [1.29, 1.82) is 0 Å². The summed E-state index contributed by atoms with van der Waals surface area (Å²) in [4.78, 5) is 21.5. The Morgan fingerprint density at radius 3 is 2.67 bits per heavy atom.